The summed E-state index contributed by atoms with van der Waals surface area (Å²) in [6.07, 6.45) is 2.72. The van der Waals surface area contributed by atoms with Crippen LogP contribution < -0.4 is 5.32 Å². The van der Waals surface area contributed by atoms with Crippen molar-refractivity contribution in [2.24, 2.45) is 0 Å². The van der Waals surface area contributed by atoms with Crippen LogP contribution in [0.2, 0.25) is 5.02 Å². The Kier molecular flexibility index (Phi) is 6.02. The average Bonchev–Trinajstić information content (AvgIpc) is 2.64. The van der Waals surface area contributed by atoms with Crippen LogP contribution in [-0.2, 0) is 10.0 Å². The summed E-state index contributed by atoms with van der Waals surface area (Å²) >= 11 is 9.47. The molecule has 1 aliphatic rings. The average molecular weight is 458 g/mol. The van der Waals surface area contributed by atoms with Crippen LogP contribution >= 0.6 is 27.5 Å². The van der Waals surface area contributed by atoms with E-state index in [0.29, 0.717) is 24.3 Å². The summed E-state index contributed by atoms with van der Waals surface area (Å²) in [6.45, 7) is 0.988. The Morgan fingerprint density at radius 3 is 2.35 bits per heavy atom. The Balaban J connectivity index is 1.85. The third-order valence-corrected chi connectivity index (χ3v) is 7.14. The lowest BCUT2D eigenvalue weighted by Gasteiger charge is -2.26. The number of benzene rings is 2. The maximum absolute atomic E-state index is 12.9. The number of nitrogens with one attached hydrogen (secondary N) is 1. The van der Waals surface area contributed by atoms with Gasteiger partial charge in [0.05, 0.1) is 5.02 Å². The largest absolute Gasteiger partial charge is 0.322 e. The molecule has 8 heteroatoms. The molecule has 1 aliphatic heterocycles. The predicted octanol–water partition coefficient (Wildman–Crippen LogP) is 4.53. The first kappa shape index (κ1) is 19.4. The summed E-state index contributed by atoms with van der Waals surface area (Å²) in [6, 6.07) is 11.4. The quantitative estimate of drug-likeness (QED) is 0.733. The van der Waals surface area contributed by atoms with Gasteiger partial charge in [-0.05, 0) is 55.3 Å². The van der Waals surface area contributed by atoms with E-state index in [1.165, 1.54) is 16.4 Å². The van der Waals surface area contributed by atoms with Crippen molar-refractivity contribution in [3.05, 3.63) is 57.5 Å². The Hall–Kier alpha value is -1.41. The number of rotatable bonds is 4. The second-order valence-electron chi connectivity index (χ2n) is 6.07. The Bertz CT molecular complexity index is 911. The van der Waals surface area contributed by atoms with E-state index >= 15 is 0 Å². The molecule has 1 fully saturated rings. The number of anilines is 1. The third kappa shape index (κ3) is 4.28. The fourth-order valence-corrected chi connectivity index (χ4v) is 5.11. The van der Waals surface area contributed by atoms with Gasteiger partial charge in [-0.3, -0.25) is 4.79 Å². The van der Waals surface area contributed by atoms with Crippen molar-refractivity contribution in [1.82, 2.24) is 4.31 Å². The summed E-state index contributed by atoms with van der Waals surface area (Å²) in [5, 5.41) is 2.87. The van der Waals surface area contributed by atoms with Crippen LogP contribution in [0, 0.1) is 0 Å². The van der Waals surface area contributed by atoms with Crippen LogP contribution in [0.4, 0.5) is 5.69 Å². The monoisotopic (exact) mass is 456 g/mol. The van der Waals surface area contributed by atoms with E-state index in [4.69, 9.17) is 11.6 Å². The number of halogens is 2. The second-order valence-corrected chi connectivity index (χ2v) is 9.30. The van der Waals surface area contributed by atoms with Crippen molar-refractivity contribution in [3.63, 3.8) is 0 Å². The molecule has 138 valence electrons. The van der Waals surface area contributed by atoms with Crippen LogP contribution in [-0.4, -0.2) is 31.7 Å². The van der Waals surface area contributed by atoms with Crippen molar-refractivity contribution in [1.29, 1.82) is 0 Å². The number of nitrogens with zero attached hydrogens (tertiary/aromatic N) is 1. The standard InChI is InChI=1S/C18H18BrClN2O3S/c19-14-6-4-13(5-7-14)18(23)21-15-8-9-16(20)17(12-15)26(24,25)22-10-2-1-3-11-22/h4-9,12H,1-3,10-11H2,(H,21,23). The van der Waals surface area contributed by atoms with Crippen LogP contribution in [0.25, 0.3) is 0 Å². The lowest BCUT2D eigenvalue weighted by molar-refractivity contribution is 0.102. The lowest BCUT2D eigenvalue weighted by Crippen LogP contribution is -2.35. The van der Waals surface area contributed by atoms with Crippen molar-refractivity contribution >= 4 is 49.1 Å². The van der Waals surface area contributed by atoms with Gasteiger partial charge >= 0.3 is 0 Å². The number of carbonyl (C=O) groups excluding carboxylic acids is 1. The molecule has 5 nitrogen and oxygen atoms in total. The van der Waals surface area contributed by atoms with E-state index in [2.05, 4.69) is 21.2 Å². The second kappa shape index (κ2) is 8.08. The van der Waals surface area contributed by atoms with Gasteiger partial charge in [-0.1, -0.05) is 34.0 Å². The minimum atomic E-state index is -3.68. The highest BCUT2D eigenvalue weighted by atomic mass is 79.9. The zero-order chi connectivity index (χ0) is 18.7. The van der Waals surface area contributed by atoms with E-state index in [1.54, 1.807) is 30.3 Å². The highest BCUT2D eigenvalue weighted by molar-refractivity contribution is 9.10. The van der Waals surface area contributed by atoms with E-state index in [0.717, 1.165) is 23.7 Å². The summed E-state index contributed by atoms with van der Waals surface area (Å²) in [7, 11) is -3.68. The van der Waals surface area contributed by atoms with Crippen LogP contribution in [0.3, 0.4) is 0 Å². The molecule has 0 radical (unpaired) electrons. The van der Waals surface area contributed by atoms with Gasteiger partial charge in [0.2, 0.25) is 10.0 Å². The molecular formula is C18H18BrClN2O3S. The van der Waals surface area contributed by atoms with Gasteiger partial charge in [0.25, 0.3) is 5.91 Å². The van der Waals surface area contributed by atoms with Gasteiger partial charge in [0, 0.05) is 28.8 Å². The third-order valence-electron chi connectivity index (χ3n) is 4.23. The number of piperidine rings is 1. The molecule has 26 heavy (non-hydrogen) atoms. The molecule has 1 heterocycles. The molecule has 1 saturated heterocycles. The van der Waals surface area contributed by atoms with Crippen LogP contribution in [0.5, 0.6) is 0 Å². The fourth-order valence-electron chi connectivity index (χ4n) is 2.83. The molecular weight excluding hydrogens is 440 g/mol. The highest BCUT2D eigenvalue weighted by Crippen LogP contribution is 2.29. The molecule has 0 aromatic heterocycles. The molecule has 2 aromatic rings. The maximum Gasteiger partial charge on any atom is 0.255 e. The van der Waals surface area contributed by atoms with E-state index < -0.39 is 10.0 Å². The van der Waals surface area contributed by atoms with Gasteiger partial charge in [-0.15, -0.1) is 0 Å². The summed E-state index contributed by atoms with van der Waals surface area (Å²) < 4.78 is 28.1. The van der Waals surface area contributed by atoms with E-state index in [9.17, 15) is 13.2 Å². The first-order valence-electron chi connectivity index (χ1n) is 8.24. The van der Waals surface area contributed by atoms with Crippen molar-refractivity contribution < 1.29 is 13.2 Å². The van der Waals surface area contributed by atoms with Crippen molar-refractivity contribution in [3.8, 4) is 0 Å². The van der Waals surface area contributed by atoms with E-state index in [1.807, 2.05) is 0 Å². The molecule has 0 aliphatic carbocycles. The van der Waals surface area contributed by atoms with Crippen LogP contribution in [0.1, 0.15) is 29.6 Å². The zero-order valence-corrected chi connectivity index (χ0v) is 17.1. The molecule has 0 spiro atoms. The normalized spacial score (nSPS) is 15.6. The zero-order valence-electron chi connectivity index (χ0n) is 13.9. The maximum atomic E-state index is 12.9. The molecule has 0 unspecified atom stereocenters. The SMILES string of the molecule is O=C(Nc1ccc(Cl)c(S(=O)(=O)N2CCCCC2)c1)c1ccc(Br)cc1. The van der Waals surface area contributed by atoms with Gasteiger partial charge in [-0.2, -0.15) is 4.31 Å². The van der Waals surface area contributed by atoms with Crippen LogP contribution in [0.15, 0.2) is 51.8 Å². The number of carbonyl (C=O) groups is 1. The first-order chi connectivity index (χ1) is 12.4. The number of sulfonamides is 1. The first-order valence-corrected chi connectivity index (χ1v) is 10.9. The minimum Gasteiger partial charge on any atom is -0.322 e. The molecule has 1 N–H and O–H groups in total. The Morgan fingerprint density at radius 2 is 1.69 bits per heavy atom. The fraction of sp³-hybridized carbons (Fsp3) is 0.278. The van der Waals surface area contributed by atoms with Gasteiger partial charge in [-0.25, -0.2) is 8.42 Å². The van der Waals surface area contributed by atoms with E-state index in [-0.39, 0.29) is 15.8 Å². The van der Waals surface area contributed by atoms with Crippen molar-refractivity contribution in [2.45, 2.75) is 24.2 Å². The number of hydrogen-bond donors (Lipinski definition) is 1. The highest BCUT2D eigenvalue weighted by Gasteiger charge is 2.28. The molecule has 0 bridgehead atoms. The number of amides is 1. The molecule has 0 atom stereocenters. The smallest absolute Gasteiger partial charge is 0.255 e. The molecule has 1 amide bonds. The van der Waals surface area contributed by atoms with Gasteiger partial charge in [0.1, 0.15) is 4.90 Å². The molecule has 3 rings (SSSR count). The van der Waals surface area contributed by atoms with Gasteiger partial charge < -0.3 is 5.32 Å². The summed E-state index contributed by atoms with van der Waals surface area (Å²) in [5.41, 5.74) is 0.862. The summed E-state index contributed by atoms with van der Waals surface area (Å²) in [5.74, 6) is -0.318. The summed E-state index contributed by atoms with van der Waals surface area (Å²) in [4.78, 5) is 12.4. The topological polar surface area (TPSA) is 66.5 Å². The minimum absolute atomic E-state index is 0.0228. The van der Waals surface area contributed by atoms with Crippen molar-refractivity contribution in [2.75, 3.05) is 18.4 Å². The Morgan fingerprint density at radius 1 is 1.04 bits per heavy atom. The molecule has 0 saturated carbocycles. The molecule has 2 aromatic carbocycles. The number of hydrogen-bond acceptors (Lipinski definition) is 3. The lowest BCUT2D eigenvalue weighted by atomic mass is 10.2. The van der Waals surface area contributed by atoms with Gasteiger partial charge in [0.15, 0.2) is 0 Å². The Labute approximate surface area is 166 Å². The predicted molar refractivity (Wildman–Crippen MR) is 106 cm³/mol.